The third kappa shape index (κ3) is 5.41. The summed E-state index contributed by atoms with van der Waals surface area (Å²) in [6.07, 6.45) is -0.163. The van der Waals surface area contributed by atoms with Crippen LogP contribution in [-0.4, -0.2) is 80.0 Å². The van der Waals surface area contributed by atoms with Crippen molar-refractivity contribution in [3.63, 3.8) is 0 Å². The van der Waals surface area contributed by atoms with Crippen molar-refractivity contribution < 1.29 is 27.5 Å². The Kier molecular flexibility index (Phi) is 7.04. The Hall–Kier alpha value is -1.82. The van der Waals surface area contributed by atoms with Crippen molar-refractivity contribution in [3.05, 3.63) is 18.2 Å². The van der Waals surface area contributed by atoms with Crippen molar-refractivity contribution in [3.8, 4) is 5.75 Å². The second-order valence-corrected chi connectivity index (χ2v) is 9.85. The van der Waals surface area contributed by atoms with Crippen LogP contribution >= 0.6 is 11.8 Å². The maximum Gasteiger partial charge on any atom is 0.244 e. The van der Waals surface area contributed by atoms with E-state index in [2.05, 4.69) is 5.32 Å². The van der Waals surface area contributed by atoms with E-state index < -0.39 is 15.9 Å². The molecule has 1 aromatic carbocycles. The molecule has 0 bridgehead atoms. The molecule has 2 fully saturated rings. The molecule has 2 saturated heterocycles. The topological polar surface area (TPSA) is 105 Å². The largest absolute Gasteiger partial charge is 0.489 e. The van der Waals surface area contributed by atoms with Crippen LogP contribution in [0.1, 0.15) is 13.8 Å². The molecule has 3 rings (SSSR count). The summed E-state index contributed by atoms with van der Waals surface area (Å²) in [5.74, 6) is 0.703. The number of ether oxygens (including phenoxy) is 2. The summed E-state index contributed by atoms with van der Waals surface area (Å²) >= 11 is 1.45. The molecule has 0 atom stereocenters. The first-order valence-electron chi connectivity index (χ1n) is 9.31. The van der Waals surface area contributed by atoms with Gasteiger partial charge in [-0.25, -0.2) is 8.42 Å². The molecule has 9 nitrogen and oxygen atoms in total. The van der Waals surface area contributed by atoms with Gasteiger partial charge in [0.05, 0.1) is 41.5 Å². The minimum Gasteiger partial charge on any atom is -0.489 e. The summed E-state index contributed by atoms with van der Waals surface area (Å²) < 4.78 is 38.2. The number of hydrogen-bond donors (Lipinski definition) is 1. The molecule has 2 aliphatic rings. The number of thioether (sulfide) groups is 1. The minimum absolute atomic E-state index is 0.0682. The number of carbonyl (C=O) groups excluding carboxylic acids is 2. The molecule has 0 aromatic heterocycles. The lowest BCUT2D eigenvalue weighted by molar-refractivity contribution is -0.130. The number of carbonyl (C=O) groups is 2. The molecule has 2 aliphatic heterocycles. The van der Waals surface area contributed by atoms with Gasteiger partial charge >= 0.3 is 0 Å². The molecule has 11 heteroatoms. The number of benzene rings is 1. The molecule has 0 radical (unpaired) electrons. The molecule has 0 spiro atoms. The fourth-order valence-corrected chi connectivity index (χ4v) is 5.30. The smallest absolute Gasteiger partial charge is 0.244 e. The van der Waals surface area contributed by atoms with Crippen LogP contribution in [0, 0.1) is 0 Å². The van der Waals surface area contributed by atoms with E-state index in [1.165, 1.54) is 33.1 Å². The third-order valence-corrected chi connectivity index (χ3v) is 7.20. The van der Waals surface area contributed by atoms with E-state index in [0.29, 0.717) is 30.6 Å². The van der Waals surface area contributed by atoms with E-state index >= 15 is 0 Å². The molecule has 0 aliphatic carbocycles. The first-order valence-corrected chi connectivity index (χ1v) is 11.9. The monoisotopic (exact) mass is 443 g/mol. The average Bonchev–Trinajstić information content (AvgIpc) is 3.08. The highest BCUT2D eigenvalue weighted by atomic mass is 32.2. The zero-order chi connectivity index (χ0) is 21.0. The Morgan fingerprint density at radius 2 is 2.03 bits per heavy atom. The van der Waals surface area contributed by atoms with Crippen LogP contribution in [0.3, 0.4) is 0 Å². The number of sulfonamides is 1. The van der Waals surface area contributed by atoms with Gasteiger partial charge in [-0.3, -0.25) is 9.59 Å². The van der Waals surface area contributed by atoms with Gasteiger partial charge < -0.3 is 19.7 Å². The highest BCUT2D eigenvalue weighted by Gasteiger charge is 2.28. The minimum atomic E-state index is -3.72. The lowest BCUT2D eigenvalue weighted by Crippen LogP contribution is -2.40. The van der Waals surface area contributed by atoms with Crippen LogP contribution < -0.4 is 10.1 Å². The third-order valence-electron chi connectivity index (χ3n) is 4.36. The molecular formula is C18H25N3O6S2. The Morgan fingerprint density at radius 3 is 2.66 bits per heavy atom. The van der Waals surface area contributed by atoms with Crippen molar-refractivity contribution in [2.24, 2.45) is 0 Å². The number of amides is 2. The summed E-state index contributed by atoms with van der Waals surface area (Å²) in [6, 6.07) is 4.42. The Labute approximate surface area is 174 Å². The summed E-state index contributed by atoms with van der Waals surface area (Å²) in [4.78, 5) is 25.7. The molecule has 0 saturated carbocycles. The summed E-state index contributed by atoms with van der Waals surface area (Å²) in [5, 5.41) is 2.70. The maximum absolute atomic E-state index is 12.9. The molecule has 160 valence electrons. The van der Waals surface area contributed by atoms with Crippen molar-refractivity contribution in [1.29, 1.82) is 0 Å². The van der Waals surface area contributed by atoms with Gasteiger partial charge in [0.15, 0.2) is 0 Å². The van der Waals surface area contributed by atoms with Crippen molar-refractivity contribution >= 4 is 39.3 Å². The Morgan fingerprint density at radius 1 is 1.31 bits per heavy atom. The van der Waals surface area contributed by atoms with E-state index in [0.717, 1.165) is 0 Å². The second kappa shape index (κ2) is 9.33. The number of nitrogens with zero attached hydrogens (tertiary/aromatic N) is 2. The van der Waals surface area contributed by atoms with Crippen molar-refractivity contribution in [2.45, 2.75) is 24.8 Å². The molecule has 29 heavy (non-hydrogen) atoms. The lowest BCUT2D eigenvalue weighted by atomic mass is 10.2. The normalized spacial score (nSPS) is 18.3. The van der Waals surface area contributed by atoms with E-state index in [-0.39, 0.29) is 42.2 Å². The Balaban J connectivity index is 1.83. The van der Waals surface area contributed by atoms with Crippen LogP contribution in [-0.2, 0) is 24.3 Å². The van der Waals surface area contributed by atoms with Crippen molar-refractivity contribution in [1.82, 2.24) is 9.21 Å². The predicted octanol–water partition coefficient (Wildman–Crippen LogP) is 0.966. The lowest BCUT2D eigenvalue weighted by Gasteiger charge is -2.26. The molecule has 2 amide bonds. The average molecular weight is 444 g/mol. The SMILES string of the molecule is CC(C)Oc1ccc(S(=O)(=O)N2CCOCC2)cc1NC(=O)CN1CSCC1=O. The van der Waals surface area contributed by atoms with Gasteiger partial charge in [0.2, 0.25) is 21.8 Å². The summed E-state index contributed by atoms with van der Waals surface area (Å²) in [7, 11) is -3.72. The van der Waals surface area contributed by atoms with Gasteiger partial charge in [-0.15, -0.1) is 11.8 Å². The number of rotatable bonds is 7. The van der Waals surface area contributed by atoms with Crippen LogP contribution in [0.5, 0.6) is 5.75 Å². The maximum atomic E-state index is 12.9. The predicted molar refractivity (Wildman–Crippen MR) is 109 cm³/mol. The number of morpholine rings is 1. The van der Waals surface area contributed by atoms with E-state index in [1.807, 2.05) is 13.8 Å². The van der Waals surface area contributed by atoms with Crippen LogP contribution in [0.15, 0.2) is 23.1 Å². The molecule has 1 N–H and O–H groups in total. The molecule has 0 unspecified atom stereocenters. The van der Waals surface area contributed by atoms with Crippen LogP contribution in [0.25, 0.3) is 0 Å². The fraction of sp³-hybridized carbons (Fsp3) is 0.556. The van der Waals surface area contributed by atoms with E-state index in [1.54, 1.807) is 6.07 Å². The summed E-state index contributed by atoms with van der Waals surface area (Å²) in [5.41, 5.74) is 0.261. The van der Waals surface area contributed by atoms with E-state index in [9.17, 15) is 18.0 Å². The quantitative estimate of drug-likeness (QED) is 0.669. The van der Waals surface area contributed by atoms with Gasteiger partial charge in [-0.05, 0) is 32.0 Å². The fourth-order valence-electron chi connectivity index (χ4n) is 2.96. The summed E-state index contributed by atoms with van der Waals surface area (Å²) in [6.45, 7) is 4.84. The van der Waals surface area contributed by atoms with Gasteiger partial charge in [0.25, 0.3) is 0 Å². The number of nitrogens with one attached hydrogen (secondary N) is 1. The number of hydrogen-bond acceptors (Lipinski definition) is 7. The standard InChI is InChI=1S/C18H25N3O6S2/c1-13(2)27-16-4-3-14(29(24,25)21-5-7-26-8-6-21)9-15(16)19-17(22)10-20-12-28-11-18(20)23/h3-4,9,13H,5-8,10-12H2,1-2H3,(H,19,22). The van der Waals surface area contributed by atoms with Gasteiger partial charge in [0, 0.05) is 13.1 Å². The first-order chi connectivity index (χ1) is 13.8. The van der Waals surface area contributed by atoms with Gasteiger partial charge in [-0.2, -0.15) is 4.31 Å². The van der Waals surface area contributed by atoms with Gasteiger partial charge in [-0.1, -0.05) is 0 Å². The van der Waals surface area contributed by atoms with Crippen LogP contribution in [0.4, 0.5) is 5.69 Å². The van der Waals surface area contributed by atoms with Crippen LogP contribution in [0.2, 0.25) is 0 Å². The molecule has 2 heterocycles. The first kappa shape index (κ1) is 21.9. The zero-order valence-electron chi connectivity index (χ0n) is 16.4. The molecular weight excluding hydrogens is 418 g/mol. The van der Waals surface area contributed by atoms with E-state index in [4.69, 9.17) is 9.47 Å². The number of anilines is 1. The Bertz CT molecular complexity index is 868. The highest BCUT2D eigenvalue weighted by molar-refractivity contribution is 8.00. The van der Waals surface area contributed by atoms with Crippen molar-refractivity contribution in [2.75, 3.05) is 49.8 Å². The zero-order valence-corrected chi connectivity index (χ0v) is 18.1. The van der Waals surface area contributed by atoms with Gasteiger partial charge in [0.1, 0.15) is 12.3 Å². The highest BCUT2D eigenvalue weighted by Crippen LogP contribution is 2.30. The second-order valence-electron chi connectivity index (χ2n) is 6.96. The molecule has 1 aromatic rings.